The van der Waals surface area contributed by atoms with Gasteiger partial charge in [0.05, 0.1) is 0 Å². The number of nitrogens with zero attached hydrogens (tertiary/aromatic N) is 3. The largest absolute Gasteiger partial charge is 0.356 e. The van der Waals surface area contributed by atoms with Crippen LogP contribution in [-0.4, -0.2) is 33.0 Å². The molecule has 2 heterocycles. The van der Waals surface area contributed by atoms with Gasteiger partial charge in [-0.1, -0.05) is 6.07 Å². The molecule has 0 amide bonds. The van der Waals surface area contributed by atoms with E-state index in [9.17, 15) is 8.42 Å². The Bertz CT molecular complexity index is 611. The zero-order valence-corrected chi connectivity index (χ0v) is 11.8. The van der Waals surface area contributed by atoms with E-state index in [2.05, 4.69) is 14.6 Å². The van der Waals surface area contributed by atoms with Gasteiger partial charge in [-0.05, 0) is 30.9 Å². The van der Waals surface area contributed by atoms with Crippen LogP contribution in [-0.2, 0) is 10.2 Å². The van der Waals surface area contributed by atoms with E-state index in [4.69, 9.17) is 10.4 Å². The maximum Gasteiger partial charge on any atom is 0.274 e. The molecular formula is C12H17N5O2S. The molecule has 0 bridgehead atoms. The van der Waals surface area contributed by atoms with Gasteiger partial charge in [0.1, 0.15) is 17.6 Å². The summed E-state index contributed by atoms with van der Waals surface area (Å²) in [6, 6.07) is 7.33. The Kier molecular flexibility index (Phi) is 4.54. The van der Waals surface area contributed by atoms with Crippen LogP contribution >= 0.6 is 0 Å². The molecule has 8 heteroatoms. The molecule has 1 aliphatic rings. The van der Waals surface area contributed by atoms with Gasteiger partial charge >= 0.3 is 0 Å². The molecule has 0 aromatic carbocycles. The van der Waals surface area contributed by atoms with E-state index in [1.54, 1.807) is 12.1 Å². The third-order valence-electron chi connectivity index (χ3n) is 3.27. The number of hydrogen-bond acceptors (Lipinski definition) is 5. The monoisotopic (exact) mass is 295 g/mol. The van der Waals surface area contributed by atoms with Crippen LogP contribution in [0.5, 0.6) is 0 Å². The van der Waals surface area contributed by atoms with Gasteiger partial charge in [0, 0.05) is 19.6 Å². The molecule has 20 heavy (non-hydrogen) atoms. The summed E-state index contributed by atoms with van der Waals surface area (Å²) in [5.41, 5.74) is 0.382. The zero-order valence-electron chi connectivity index (χ0n) is 11.0. The van der Waals surface area contributed by atoms with Crippen LogP contribution in [0.2, 0.25) is 0 Å². The van der Waals surface area contributed by atoms with E-state index >= 15 is 0 Å². The third-order valence-corrected chi connectivity index (χ3v) is 3.83. The van der Waals surface area contributed by atoms with Crippen molar-refractivity contribution in [3.8, 4) is 6.07 Å². The summed E-state index contributed by atoms with van der Waals surface area (Å²) in [7, 11) is -3.64. The van der Waals surface area contributed by atoms with Crippen LogP contribution in [0.3, 0.4) is 0 Å². The molecule has 2 rings (SSSR count). The molecule has 1 atom stereocenters. The summed E-state index contributed by atoms with van der Waals surface area (Å²) in [5.74, 6) is 0.943. The van der Waals surface area contributed by atoms with Gasteiger partial charge in [-0.3, -0.25) is 0 Å². The van der Waals surface area contributed by atoms with Crippen LogP contribution in [0.25, 0.3) is 0 Å². The Hall–Kier alpha value is -1.69. The van der Waals surface area contributed by atoms with E-state index in [1.807, 2.05) is 12.1 Å². The molecule has 1 saturated heterocycles. The van der Waals surface area contributed by atoms with Gasteiger partial charge in [0.2, 0.25) is 0 Å². The maximum absolute atomic E-state index is 10.9. The minimum Gasteiger partial charge on any atom is -0.356 e. The number of anilines is 1. The van der Waals surface area contributed by atoms with Crippen LogP contribution in [0, 0.1) is 17.2 Å². The van der Waals surface area contributed by atoms with Gasteiger partial charge < -0.3 is 4.90 Å². The number of rotatable bonds is 4. The topological polar surface area (TPSA) is 112 Å². The van der Waals surface area contributed by atoms with Crippen molar-refractivity contribution < 1.29 is 8.42 Å². The Morgan fingerprint density at radius 2 is 2.35 bits per heavy atom. The number of hydrogen-bond donors (Lipinski definition) is 2. The number of nitrogens with two attached hydrogens (primary N) is 1. The molecule has 0 saturated carbocycles. The van der Waals surface area contributed by atoms with Gasteiger partial charge in [0.15, 0.2) is 0 Å². The van der Waals surface area contributed by atoms with Gasteiger partial charge in [-0.25, -0.2) is 14.8 Å². The van der Waals surface area contributed by atoms with Crippen molar-refractivity contribution in [3.05, 3.63) is 23.9 Å². The summed E-state index contributed by atoms with van der Waals surface area (Å²) in [6.45, 7) is 1.88. The second-order valence-electron chi connectivity index (χ2n) is 4.84. The highest BCUT2D eigenvalue weighted by Gasteiger charge is 2.21. The van der Waals surface area contributed by atoms with Crippen LogP contribution in [0.1, 0.15) is 18.5 Å². The fraction of sp³-hybridized carbons (Fsp3) is 0.500. The second-order valence-corrected chi connectivity index (χ2v) is 6.22. The van der Waals surface area contributed by atoms with E-state index in [0.717, 1.165) is 25.2 Å². The molecule has 108 valence electrons. The first-order valence-corrected chi connectivity index (χ1v) is 7.92. The average Bonchev–Trinajstić information content (AvgIpc) is 2.45. The zero-order chi connectivity index (χ0) is 14.6. The van der Waals surface area contributed by atoms with E-state index < -0.39 is 10.2 Å². The summed E-state index contributed by atoms with van der Waals surface area (Å²) >= 11 is 0. The lowest BCUT2D eigenvalue weighted by molar-refractivity contribution is 0.409. The number of piperidine rings is 1. The lowest BCUT2D eigenvalue weighted by Crippen LogP contribution is -2.42. The number of nitrogens with one attached hydrogen (secondary N) is 1. The summed E-state index contributed by atoms with van der Waals surface area (Å²) in [5, 5.41) is 13.8. The fourth-order valence-electron chi connectivity index (χ4n) is 2.34. The van der Waals surface area contributed by atoms with Crippen molar-refractivity contribution in [1.82, 2.24) is 9.71 Å². The first kappa shape index (κ1) is 14.7. The minimum atomic E-state index is -3.64. The Balaban J connectivity index is 2.01. The molecule has 1 unspecified atom stereocenters. The lowest BCUT2D eigenvalue weighted by atomic mass is 9.98. The standard InChI is InChI=1S/C12H17N5O2S/c13-7-11-4-1-5-12(16-11)17-6-2-3-10(9-17)8-15-20(14,18)19/h1,4-5,10,15H,2-3,6,8-9H2,(H2,14,18,19). The highest BCUT2D eigenvalue weighted by molar-refractivity contribution is 7.87. The van der Waals surface area contributed by atoms with Gasteiger partial charge in [0.25, 0.3) is 10.2 Å². The Morgan fingerprint density at radius 3 is 3.05 bits per heavy atom. The first-order valence-electron chi connectivity index (χ1n) is 6.37. The van der Waals surface area contributed by atoms with Crippen molar-refractivity contribution in [2.45, 2.75) is 12.8 Å². The minimum absolute atomic E-state index is 0.189. The van der Waals surface area contributed by atoms with Crippen molar-refractivity contribution in [2.24, 2.45) is 11.1 Å². The molecule has 7 nitrogen and oxygen atoms in total. The predicted octanol–water partition coefficient (Wildman–Crippen LogP) is -0.0372. The van der Waals surface area contributed by atoms with Crippen molar-refractivity contribution in [1.29, 1.82) is 5.26 Å². The van der Waals surface area contributed by atoms with Gasteiger partial charge in [-0.2, -0.15) is 13.7 Å². The molecule has 1 aromatic heterocycles. The quantitative estimate of drug-likeness (QED) is 0.809. The van der Waals surface area contributed by atoms with Crippen LogP contribution in [0.4, 0.5) is 5.82 Å². The second kappa shape index (κ2) is 6.17. The number of nitriles is 1. The molecule has 0 spiro atoms. The molecule has 0 aliphatic carbocycles. The molecule has 1 aromatic rings. The molecule has 0 radical (unpaired) electrons. The first-order chi connectivity index (χ1) is 9.48. The Morgan fingerprint density at radius 1 is 1.55 bits per heavy atom. The smallest absolute Gasteiger partial charge is 0.274 e. The summed E-state index contributed by atoms with van der Waals surface area (Å²) in [4.78, 5) is 6.33. The average molecular weight is 295 g/mol. The van der Waals surface area contributed by atoms with Crippen LogP contribution in [0.15, 0.2) is 18.2 Å². The van der Waals surface area contributed by atoms with E-state index in [-0.39, 0.29) is 5.92 Å². The third kappa shape index (κ3) is 4.16. The molecule has 1 aliphatic heterocycles. The SMILES string of the molecule is N#Cc1cccc(N2CCCC(CNS(N)(=O)=O)C2)n1. The summed E-state index contributed by atoms with van der Waals surface area (Å²) < 4.78 is 24.2. The predicted molar refractivity (Wildman–Crippen MR) is 75.0 cm³/mol. The molecule has 3 N–H and O–H groups in total. The van der Waals surface area contributed by atoms with Crippen molar-refractivity contribution >= 4 is 16.0 Å². The fourth-order valence-corrected chi connectivity index (χ4v) is 2.80. The number of pyridine rings is 1. The van der Waals surface area contributed by atoms with Gasteiger partial charge in [-0.15, -0.1) is 0 Å². The van der Waals surface area contributed by atoms with Crippen molar-refractivity contribution in [3.63, 3.8) is 0 Å². The van der Waals surface area contributed by atoms with E-state index in [0.29, 0.717) is 18.8 Å². The van der Waals surface area contributed by atoms with E-state index in [1.165, 1.54) is 0 Å². The number of aromatic nitrogens is 1. The molecular weight excluding hydrogens is 278 g/mol. The normalized spacial score (nSPS) is 19.6. The molecule has 1 fully saturated rings. The highest BCUT2D eigenvalue weighted by atomic mass is 32.2. The lowest BCUT2D eigenvalue weighted by Gasteiger charge is -2.33. The maximum atomic E-state index is 10.9. The summed E-state index contributed by atoms with van der Waals surface area (Å²) in [6.07, 6.45) is 1.90. The Labute approximate surface area is 118 Å². The highest BCUT2D eigenvalue weighted by Crippen LogP contribution is 2.21. The van der Waals surface area contributed by atoms with Crippen molar-refractivity contribution in [2.75, 3.05) is 24.5 Å². The van der Waals surface area contributed by atoms with Crippen LogP contribution < -0.4 is 14.8 Å².